The maximum Gasteiger partial charge on any atom is 0.0892 e. The predicted molar refractivity (Wildman–Crippen MR) is 81.1 cm³/mol. The topological polar surface area (TPSA) is 34.1 Å². The molecule has 3 nitrogen and oxygen atoms in total. The molecule has 1 N–H and O–H groups in total. The minimum Gasteiger partial charge on any atom is -0.370 e. The zero-order valence-corrected chi connectivity index (χ0v) is 12.2. The van der Waals surface area contributed by atoms with E-state index in [1.807, 2.05) is 30.5 Å². The maximum absolute atomic E-state index is 5.67. The zero-order valence-electron chi connectivity index (χ0n) is 12.2. The van der Waals surface area contributed by atoms with Gasteiger partial charge in [-0.05, 0) is 17.2 Å². The molecule has 2 rings (SSSR count). The molecule has 0 saturated carbocycles. The third kappa shape index (κ3) is 5.11. The highest BCUT2D eigenvalue weighted by molar-refractivity contribution is 5.15. The Kier molecular flexibility index (Phi) is 5.71. The first kappa shape index (κ1) is 14.7. The smallest absolute Gasteiger partial charge is 0.0892 e. The number of aromatic nitrogens is 1. The van der Waals surface area contributed by atoms with E-state index >= 15 is 0 Å². The lowest BCUT2D eigenvalue weighted by molar-refractivity contribution is 0.104. The van der Waals surface area contributed by atoms with Crippen molar-refractivity contribution >= 4 is 0 Å². The van der Waals surface area contributed by atoms with Crippen molar-refractivity contribution in [2.24, 2.45) is 0 Å². The van der Waals surface area contributed by atoms with Gasteiger partial charge in [0.25, 0.3) is 0 Å². The Labute approximate surface area is 121 Å². The molecule has 20 heavy (non-hydrogen) atoms. The summed E-state index contributed by atoms with van der Waals surface area (Å²) in [5, 5.41) is 3.37. The molecule has 1 aromatic carbocycles. The van der Waals surface area contributed by atoms with Gasteiger partial charge in [-0.15, -0.1) is 0 Å². The van der Waals surface area contributed by atoms with Gasteiger partial charge in [0, 0.05) is 18.8 Å². The minimum atomic E-state index is 0.490. The minimum absolute atomic E-state index is 0.490. The van der Waals surface area contributed by atoms with E-state index in [0.717, 1.165) is 12.2 Å². The van der Waals surface area contributed by atoms with Crippen molar-refractivity contribution in [1.82, 2.24) is 10.3 Å². The first-order valence-corrected chi connectivity index (χ1v) is 7.03. The number of nitrogens with one attached hydrogen (secondary N) is 1. The second-order valence-corrected chi connectivity index (χ2v) is 5.17. The van der Waals surface area contributed by atoms with E-state index in [9.17, 15) is 0 Å². The Morgan fingerprint density at radius 1 is 1.00 bits per heavy atom. The average molecular weight is 270 g/mol. The molecule has 2 aromatic rings. The lowest BCUT2D eigenvalue weighted by Gasteiger charge is -2.08. The second kappa shape index (κ2) is 7.78. The molecule has 0 spiro atoms. The summed E-state index contributed by atoms with van der Waals surface area (Å²) in [6.45, 7) is 6.31. The van der Waals surface area contributed by atoms with Gasteiger partial charge in [0.2, 0.25) is 0 Å². The highest BCUT2D eigenvalue weighted by atomic mass is 16.5. The van der Waals surface area contributed by atoms with Crippen LogP contribution in [0.5, 0.6) is 0 Å². The summed E-state index contributed by atoms with van der Waals surface area (Å²) in [4.78, 5) is 4.42. The van der Waals surface area contributed by atoms with Crippen LogP contribution >= 0.6 is 0 Å². The molecule has 3 heteroatoms. The fraction of sp³-hybridized carbons (Fsp3) is 0.353. The summed E-state index contributed by atoms with van der Waals surface area (Å²) in [7, 11) is 0. The van der Waals surface area contributed by atoms with Crippen LogP contribution in [0.15, 0.2) is 48.7 Å². The Bertz CT molecular complexity index is 494. The summed E-state index contributed by atoms with van der Waals surface area (Å²) in [5.74, 6) is 0. The molecular weight excluding hydrogens is 248 g/mol. The molecular formula is C17H22N2O. The van der Waals surface area contributed by atoms with E-state index in [-0.39, 0.29) is 0 Å². The number of rotatable bonds is 7. The van der Waals surface area contributed by atoms with Crippen molar-refractivity contribution in [3.05, 3.63) is 65.5 Å². The standard InChI is InChI=1S/C17H22N2O/c1-14(2)18-10-16-8-9-17(19-11-16)13-20-12-15-6-4-3-5-7-15/h3-9,11,14,18H,10,12-13H2,1-2H3. The highest BCUT2D eigenvalue weighted by Gasteiger charge is 1.99. The van der Waals surface area contributed by atoms with Crippen LogP contribution in [0, 0.1) is 0 Å². The number of nitrogens with zero attached hydrogens (tertiary/aromatic N) is 1. The van der Waals surface area contributed by atoms with Crippen molar-refractivity contribution < 1.29 is 4.74 Å². The number of benzene rings is 1. The van der Waals surface area contributed by atoms with Crippen molar-refractivity contribution in [3.8, 4) is 0 Å². The van der Waals surface area contributed by atoms with E-state index in [1.54, 1.807) is 0 Å². The SMILES string of the molecule is CC(C)NCc1ccc(COCc2ccccc2)nc1. The summed E-state index contributed by atoms with van der Waals surface area (Å²) in [6.07, 6.45) is 1.91. The molecule has 0 fully saturated rings. The average Bonchev–Trinajstić information content (AvgIpc) is 2.47. The van der Waals surface area contributed by atoms with Crippen molar-refractivity contribution in [2.75, 3.05) is 0 Å². The number of hydrogen-bond acceptors (Lipinski definition) is 3. The quantitative estimate of drug-likeness (QED) is 0.838. The molecule has 1 aromatic heterocycles. The van der Waals surface area contributed by atoms with Crippen LogP contribution in [0.4, 0.5) is 0 Å². The molecule has 1 heterocycles. The molecule has 0 atom stereocenters. The Morgan fingerprint density at radius 2 is 1.80 bits per heavy atom. The first-order chi connectivity index (χ1) is 9.74. The van der Waals surface area contributed by atoms with Crippen LogP contribution in [0.1, 0.15) is 30.7 Å². The monoisotopic (exact) mass is 270 g/mol. The zero-order chi connectivity index (χ0) is 14.2. The normalized spacial score (nSPS) is 10.9. The largest absolute Gasteiger partial charge is 0.370 e. The summed E-state index contributed by atoms with van der Waals surface area (Å²) >= 11 is 0. The van der Waals surface area contributed by atoms with Gasteiger partial charge in [-0.25, -0.2) is 0 Å². The fourth-order valence-corrected chi connectivity index (χ4v) is 1.81. The van der Waals surface area contributed by atoms with Crippen LogP contribution in [0.3, 0.4) is 0 Å². The lowest BCUT2D eigenvalue weighted by Crippen LogP contribution is -2.21. The number of ether oxygens (including phenoxy) is 1. The molecule has 0 radical (unpaired) electrons. The molecule has 106 valence electrons. The predicted octanol–water partition coefficient (Wildman–Crippen LogP) is 3.30. The van der Waals surface area contributed by atoms with E-state index in [0.29, 0.717) is 19.3 Å². The molecule has 0 aliphatic carbocycles. The van der Waals surface area contributed by atoms with Crippen LogP contribution in [0.25, 0.3) is 0 Å². The maximum atomic E-state index is 5.67. The highest BCUT2D eigenvalue weighted by Crippen LogP contribution is 2.05. The third-order valence-corrected chi connectivity index (χ3v) is 2.96. The third-order valence-electron chi connectivity index (χ3n) is 2.96. The van der Waals surface area contributed by atoms with E-state index < -0.39 is 0 Å². The van der Waals surface area contributed by atoms with Gasteiger partial charge in [-0.3, -0.25) is 4.98 Å². The van der Waals surface area contributed by atoms with Gasteiger partial charge < -0.3 is 10.1 Å². The summed E-state index contributed by atoms with van der Waals surface area (Å²) < 4.78 is 5.67. The second-order valence-electron chi connectivity index (χ2n) is 5.17. The van der Waals surface area contributed by atoms with Gasteiger partial charge in [0.15, 0.2) is 0 Å². The number of pyridine rings is 1. The molecule has 0 unspecified atom stereocenters. The van der Waals surface area contributed by atoms with E-state index in [1.165, 1.54) is 11.1 Å². The van der Waals surface area contributed by atoms with E-state index in [4.69, 9.17) is 4.74 Å². The van der Waals surface area contributed by atoms with Crippen molar-refractivity contribution in [1.29, 1.82) is 0 Å². The van der Waals surface area contributed by atoms with Crippen molar-refractivity contribution in [3.63, 3.8) is 0 Å². The van der Waals surface area contributed by atoms with Gasteiger partial charge in [-0.1, -0.05) is 50.2 Å². The molecule has 0 amide bonds. The van der Waals surface area contributed by atoms with Gasteiger partial charge >= 0.3 is 0 Å². The summed E-state index contributed by atoms with van der Waals surface area (Å²) in [5.41, 5.74) is 3.35. The Balaban J connectivity index is 1.76. The van der Waals surface area contributed by atoms with E-state index in [2.05, 4.69) is 42.3 Å². The summed E-state index contributed by atoms with van der Waals surface area (Å²) in [6, 6.07) is 14.8. The Morgan fingerprint density at radius 3 is 2.45 bits per heavy atom. The van der Waals surface area contributed by atoms with Crippen LogP contribution < -0.4 is 5.32 Å². The van der Waals surface area contributed by atoms with Crippen LogP contribution in [0.2, 0.25) is 0 Å². The number of hydrogen-bond donors (Lipinski definition) is 1. The lowest BCUT2D eigenvalue weighted by atomic mass is 10.2. The molecule has 0 saturated heterocycles. The molecule has 0 aliphatic heterocycles. The van der Waals surface area contributed by atoms with Crippen LogP contribution in [-0.2, 0) is 24.5 Å². The molecule has 0 aliphatic rings. The molecule has 0 bridgehead atoms. The van der Waals surface area contributed by atoms with Gasteiger partial charge in [0.05, 0.1) is 18.9 Å². The van der Waals surface area contributed by atoms with Crippen LogP contribution in [-0.4, -0.2) is 11.0 Å². The first-order valence-electron chi connectivity index (χ1n) is 7.03. The Hall–Kier alpha value is -1.71. The van der Waals surface area contributed by atoms with Gasteiger partial charge in [-0.2, -0.15) is 0 Å². The fourth-order valence-electron chi connectivity index (χ4n) is 1.81. The van der Waals surface area contributed by atoms with Crippen molar-refractivity contribution in [2.45, 2.75) is 39.6 Å². The van der Waals surface area contributed by atoms with Gasteiger partial charge in [0.1, 0.15) is 0 Å².